The summed E-state index contributed by atoms with van der Waals surface area (Å²) in [5.74, 6) is 2.21. The number of aromatic hydroxyl groups is 1. The van der Waals surface area contributed by atoms with Gasteiger partial charge in [-0.2, -0.15) is 0 Å². The highest BCUT2D eigenvalue weighted by atomic mass is 16.3. The van der Waals surface area contributed by atoms with Crippen molar-refractivity contribution in [2.75, 3.05) is 19.6 Å². The maximum atomic E-state index is 12.2. The van der Waals surface area contributed by atoms with Crippen LogP contribution in [0.2, 0.25) is 0 Å². The van der Waals surface area contributed by atoms with Crippen molar-refractivity contribution in [3.63, 3.8) is 0 Å². The molecule has 2 aliphatic carbocycles. The molecule has 118 valence electrons. The summed E-state index contributed by atoms with van der Waals surface area (Å²) in [6.45, 7) is 3.47. The van der Waals surface area contributed by atoms with Crippen LogP contribution in [0.4, 0.5) is 0 Å². The maximum Gasteiger partial charge on any atom is 0.133 e. The highest BCUT2D eigenvalue weighted by Crippen LogP contribution is 2.49. The topological polar surface area (TPSA) is 40.5 Å². The van der Waals surface area contributed by atoms with Crippen LogP contribution in [-0.2, 0) is 10.2 Å². The average molecular weight is 299 g/mol. The Morgan fingerprint density at radius 1 is 1.27 bits per heavy atom. The van der Waals surface area contributed by atoms with Crippen molar-refractivity contribution >= 4 is 5.78 Å². The van der Waals surface area contributed by atoms with Gasteiger partial charge in [0, 0.05) is 31.3 Å². The number of rotatable bonds is 3. The Bertz CT molecular complexity index is 581. The molecule has 4 rings (SSSR count). The predicted molar refractivity (Wildman–Crippen MR) is 85.9 cm³/mol. The average Bonchev–Trinajstić information content (AvgIpc) is 3.31. The second-order valence-electron chi connectivity index (χ2n) is 7.61. The highest BCUT2D eigenvalue weighted by Gasteiger charge is 2.48. The zero-order valence-electron chi connectivity index (χ0n) is 13.1. The highest BCUT2D eigenvalue weighted by molar-refractivity contribution is 5.81. The summed E-state index contributed by atoms with van der Waals surface area (Å²) in [7, 11) is 0. The molecule has 22 heavy (non-hydrogen) atoms. The number of nitrogens with zero attached hydrogens (tertiary/aromatic N) is 1. The first-order valence-electron chi connectivity index (χ1n) is 8.69. The summed E-state index contributed by atoms with van der Waals surface area (Å²) in [5.41, 5.74) is 1.14. The van der Waals surface area contributed by atoms with Crippen molar-refractivity contribution in [1.29, 1.82) is 0 Å². The number of phenolic OH excluding ortho intramolecular Hbond substituents is 1. The molecule has 1 N–H and O–H groups in total. The predicted octanol–water partition coefficient (Wildman–Crippen LogP) is 3.11. The van der Waals surface area contributed by atoms with E-state index in [1.165, 1.54) is 24.9 Å². The maximum absolute atomic E-state index is 12.2. The van der Waals surface area contributed by atoms with Gasteiger partial charge in [0.05, 0.1) is 0 Å². The summed E-state index contributed by atoms with van der Waals surface area (Å²) < 4.78 is 0. The van der Waals surface area contributed by atoms with Crippen LogP contribution in [0.5, 0.6) is 5.75 Å². The van der Waals surface area contributed by atoms with Crippen molar-refractivity contribution in [3.8, 4) is 5.75 Å². The molecule has 0 bridgehead atoms. The Balaban J connectivity index is 1.62. The molecule has 2 saturated carbocycles. The Morgan fingerprint density at radius 2 is 2.14 bits per heavy atom. The molecule has 0 aromatic heterocycles. The first-order valence-corrected chi connectivity index (χ1v) is 8.69. The van der Waals surface area contributed by atoms with Gasteiger partial charge in [-0.05, 0) is 61.8 Å². The molecule has 3 heteroatoms. The number of ketones is 1. The quantitative estimate of drug-likeness (QED) is 0.932. The number of phenols is 1. The lowest BCUT2D eigenvalue weighted by Crippen LogP contribution is -2.53. The lowest BCUT2D eigenvalue weighted by Gasteiger charge is -2.50. The van der Waals surface area contributed by atoms with Crippen molar-refractivity contribution in [2.24, 2.45) is 11.8 Å². The van der Waals surface area contributed by atoms with Gasteiger partial charge in [0.1, 0.15) is 11.5 Å². The normalized spacial score (nSPS) is 32.7. The third-order valence-corrected chi connectivity index (χ3v) is 6.05. The Kier molecular flexibility index (Phi) is 3.48. The van der Waals surface area contributed by atoms with Gasteiger partial charge in [0.15, 0.2) is 0 Å². The SMILES string of the molecule is O=C1CC[C@H]2CN(CC3CC3)CC[C@@]2(c2cccc(O)c2)C1. The second-order valence-corrected chi connectivity index (χ2v) is 7.61. The van der Waals surface area contributed by atoms with Crippen LogP contribution in [0.3, 0.4) is 0 Å². The van der Waals surface area contributed by atoms with Gasteiger partial charge in [-0.15, -0.1) is 0 Å². The van der Waals surface area contributed by atoms with Gasteiger partial charge >= 0.3 is 0 Å². The van der Waals surface area contributed by atoms with Crippen molar-refractivity contribution < 1.29 is 9.90 Å². The van der Waals surface area contributed by atoms with Gasteiger partial charge < -0.3 is 10.0 Å². The minimum atomic E-state index is -0.0336. The Labute approximate surface area is 132 Å². The number of piperidine rings is 1. The molecule has 3 nitrogen and oxygen atoms in total. The van der Waals surface area contributed by atoms with Gasteiger partial charge in [0.25, 0.3) is 0 Å². The Morgan fingerprint density at radius 3 is 2.91 bits per heavy atom. The number of likely N-dealkylation sites (tertiary alicyclic amines) is 1. The number of benzene rings is 1. The molecule has 0 spiro atoms. The van der Waals surface area contributed by atoms with Crippen LogP contribution in [0, 0.1) is 11.8 Å². The van der Waals surface area contributed by atoms with Crippen molar-refractivity contribution in [3.05, 3.63) is 29.8 Å². The van der Waals surface area contributed by atoms with Crippen LogP contribution < -0.4 is 0 Å². The van der Waals surface area contributed by atoms with E-state index in [1.54, 1.807) is 6.07 Å². The van der Waals surface area contributed by atoms with Crippen LogP contribution in [0.25, 0.3) is 0 Å². The molecule has 1 aromatic carbocycles. The van der Waals surface area contributed by atoms with Crippen molar-refractivity contribution in [2.45, 2.75) is 43.9 Å². The molecule has 0 amide bonds. The van der Waals surface area contributed by atoms with E-state index >= 15 is 0 Å². The third-order valence-electron chi connectivity index (χ3n) is 6.05. The van der Waals surface area contributed by atoms with E-state index in [2.05, 4.69) is 11.0 Å². The molecule has 3 aliphatic rings. The van der Waals surface area contributed by atoms with E-state index in [0.29, 0.717) is 23.9 Å². The van der Waals surface area contributed by atoms with E-state index in [0.717, 1.165) is 38.3 Å². The van der Waals surface area contributed by atoms with Gasteiger partial charge in [-0.1, -0.05) is 12.1 Å². The molecular weight excluding hydrogens is 274 g/mol. The number of carbonyl (C=O) groups is 1. The molecule has 0 radical (unpaired) electrons. The minimum Gasteiger partial charge on any atom is -0.508 e. The monoisotopic (exact) mass is 299 g/mol. The summed E-state index contributed by atoms with van der Waals surface area (Å²) >= 11 is 0. The van der Waals surface area contributed by atoms with Gasteiger partial charge in [0.2, 0.25) is 0 Å². The van der Waals surface area contributed by atoms with E-state index in [1.807, 2.05) is 12.1 Å². The first kappa shape index (κ1) is 14.3. The van der Waals surface area contributed by atoms with Crippen molar-refractivity contribution in [1.82, 2.24) is 4.90 Å². The van der Waals surface area contributed by atoms with E-state index in [4.69, 9.17) is 0 Å². The second kappa shape index (κ2) is 5.38. The molecule has 2 atom stereocenters. The summed E-state index contributed by atoms with van der Waals surface area (Å²) in [6, 6.07) is 7.65. The largest absolute Gasteiger partial charge is 0.508 e. The molecule has 0 unspecified atom stereocenters. The standard InChI is InChI=1S/C19H25NO2/c21-17-3-1-2-15(10-17)19-8-9-20(12-14-4-5-14)13-16(19)6-7-18(22)11-19/h1-3,10,14,16,21H,4-9,11-13H2/t16-,19-/m0/s1. The zero-order chi connectivity index (χ0) is 15.2. The lowest BCUT2D eigenvalue weighted by atomic mass is 9.59. The number of carbonyl (C=O) groups excluding carboxylic acids is 1. The van der Waals surface area contributed by atoms with E-state index in [-0.39, 0.29) is 5.41 Å². The summed E-state index contributed by atoms with van der Waals surface area (Å²) in [6.07, 6.45) is 6.27. The molecule has 1 aromatic rings. The van der Waals surface area contributed by atoms with Crippen LogP contribution in [0.1, 0.15) is 44.1 Å². The molecular formula is C19H25NO2. The van der Waals surface area contributed by atoms with Gasteiger partial charge in [-0.3, -0.25) is 4.79 Å². The zero-order valence-corrected chi connectivity index (χ0v) is 13.1. The smallest absolute Gasteiger partial charge is 0.133 e. The summed E-state index contributed by atoms with van der Waals surface area (Å²) in [4.78, 5) is 14.8. The number of Topliss-reactive ketones (excluding diaryl/α,β-unsaturated/α-hetero) is 1. The van der Waals surface area contributed by atoms with Crippen LogP contribution in [0.15, 0.2) is 24.3 Å². The molecule has 1 saturated heterocycles. The number of fused-ring (bicyclic) bond motifs is 1. The fourth-order valence-electron chi connectivity index (χ4n) is 4.64. The van der Waals surface area contributed by atoms with Crippen LogP contribution in [-0.4, -0.2) is 35.4 Å². The lowest BCUT2D eigenvalue weighted by molar-refractivity contribution is -0.125. The molecule has 3 fully saturated rings. The van der Waals surface area contributed by atoms with E-state index < -0.39 is 0 Å². The third kappa shape index (κ3) is 2.56. The molecule has 1 heterocycles. The fraction of sp³-hybridized carbons (Fsp3) is 0.632. The number of hydrogen-bond donors (Lipinski definition) is 1. The van der Waals surface area contributed by atoms with Crippen LogP contribution >= 0.6 is 0 Å². The van der Waals surface area contributed by atoms with Gasteiger partial charge in [-0.25, -0.2) is 0 Å². The minimum absolute atomic E-state index is 0.0336. The fourth-order valence-corrected chi connectivity index (χ4v) is 4.64. The number of hydrogen-bond acceptors (Lipinski definition) is 3. The Hall–Kier alpha value is -1.35. The van der Waals surface area contributed by atoms with E-state index in [9.17, 15) is 9.90 Å². The first-order chi connectivity index (χ1) is 10.7. The summed E-state index contributed by atoms with van der Waals surface area (Å²) in [5, 5.41) is 9.88. The molecule has 1 aliphatic heterocycles.